The zero-order chi connectivity index (χ0) is 15.9. The summed E-state index contributed by atoms with van der Waals surface area (Å²) in [6, 6.07) is 8.78. The first-order valence-electron chi connectivity index (χ1n) is 7.00. The van der Waals surface area contributed by atoms with E-state index in [2.05, 4.69) is 39.5 Å². The van der Waals surface area contributed by atoms with Crippen molar-refractivity contribution in [3.05, 3.63) is 41.0 Å². The zero-order valence-electron chi connectivity index (χ0n) is 12.5. The molecular formula is C15H18ClN5O. The molecule has 2 aromatic rings. The molecule has 0 fully saturated rings. The number of halogens is 1. The molecule has 1 aromatic carbocycles. The predicted octanol–water partition coefficient (Wildman–Crippen LogP) is 3.13. The molecule has 2 N–H and O–H groups in total. The number of hydrogen-bond acceptors (Lipinski definition) is 6. The van der Waals surface area contributed by atoms with Crippen LogP contribution in [0.15, 0.2) is 35.4 Å². The molecule has 0 amide bonds. The standard InChI is InChI=1S/C15H18ClN5O/c1-3-21(4-2)12-6-5-11(13(22)9-12)10-17-19-15-8-7-14(16)18-20-15/h5-10,22H,3-4H2,1-2H3,(H,19,20)/b17-10+. The Balaban J connectivity index is 2.06. The van der Waals surface area contributed by atoms with E-state index < -0.39 is 0 Å². The number of nitrogens with zero attached hydrogens (tertiary/aromatic N) is 4. The molecule has 7 heteroatoms. The van der Waals surface area contributed by atoms with E-state index in [4.69, 9.17) is 11.6 Å². The summed E-state index contributed by atoms with van der Waals surface area (Å²) in [6.45, 7) is 5.93. The molecule has 0 radical (unpaired) electrons. The third-order valence-electron chi connectivity index (χ3n) is 3.16. The predicted molar refractivity (Wildman–Crippen MR) is 89.9 cm³/mol. The Morgan fingerprint density at radius 2 is 2.00 bits per heavy atom. The van der Waals surface area contributed by atoms with Gasteiger partial charge in [0, 0.05) is 30.4 Å². The maximum Gasteiger partial charge on any atom is 0.168 e. The third kappa shape index (κ3) is 4.08. The van der Waals surface area contributed by atoms with Gasteiger partial charge in [-0.2, -0.15) is 5.10 Å². The second-order valence-electron chi connectivity index (χ2n) is 4.53. The second-order valence-corrected chi connectivity index (χ2v) is 4.91. The number of anilines is 2. The number of hydrogen-bond donors (Lipinski definition) is 2. The second kappa shape index (κ2) is 7.61. The molecule has 2 rings (SSSR count). The van der Waals surface area contributed by atoms with Crippen LogP contribution in [0.4, 0.5) is 11.5 Å². The topological polar surface area (TPSA) is 73.6 Å². The van der Waals surface area contributed by atoms with Gasteiger partial charge in [-0.1, -0.05) is 11.6 Å². The number of rotatable bonds is 6. The van der Waals surface area contributed by atoms with E-state index in [0.29, 0.717) is 16.5 Å². The van der Waals surface area contributed by atoms with Crippen molar-refractivity contribution in [1.29, 1.82) is 0 Å². The molecule has 116 valence electrons. The van der Waals surface area contributed by atoms with Gasteiger partial charge < -0.3 is 10.0 Å². The molecule has 6 nitrogen and oxygen atoms in total. The third-order valence-corrected chi connectivity index (χ3v) is 3.36. The van der Waals surface area contributed by atoms with E-state index in [9.17, 15) is 5.11 Å². The molecule has 0 aliphatic rings. The summed E-state index contributed by atoms with van der Waals surface area (Å²) < 4.78 is 0. The molecule has 0 aliphatic carbocycles. The van der Waals surface area contributed by atoms with Crippen LogP contribution in [-0.4, -0.2) is 34.6 Å². The van der Waals surface area contributed by atoms with Crippen molar-refractivity contribution < 1.29 is 5.11 Å². The van der Waals surface area contributed by atoms with Gasteiger partial charge in [0.15, 0.2) is 11.0 Å². The van der Waals surface area contributed by atoms with Gasteiger partial charge in [-0.25, -0.2) is 0 Å². The molecule has 0 atom stereocenters. The molecule has 0 aliphatic heterocycles. The number of hydrazone groups is 1. The highest BCUT2D eigenvalue weighted by molar-refractivity contribution is 6.29. The van der Waals surface area contributed by atoms with Crippen molar-refractivity contribution >= 4 is 29.3 Å². The minimum absolute atomic E-state index is 0.178. The lowest BCUT2D eigenvalue weighted by atomic mass is 10.2. The van der Waals surface area contributed by atoms with Gasteiger partial charge in [-0.05, 0) is 38.1 Å². The van der Waals surface area contributed by atoms with Gasteiger partial charge in [-0.3, -0.25) is 5.43 Å². The monoisotopic (exact) mass is 319 g/mol. The average Bonchev–Trinajstić information content (AvgIpc) is 2.52. The van der Waals surface area contributed by atoms with E-state index in [-0.39, 0.29) is 5.75 Å². The van der Waals surface area contributed by atoms with Gasteiger partial charge in [0.25, 0.3) is 0 Å². The highest BCUT2D eigenvalue weighted by Crippen LogP contribution is 2.23. The maximum absolute atomic E-state index is 10.1. The Morgan fingerprint density at radius 1 is 1.23 bits per heavy atom. The first-order chi connectivity index (χ1) is 10.6. The molecule has 1 aromatic heterocycles. The first kappa shape index (κ1) is 16.0. The largest absolute Gasteiger partial charge is 0.507 e. The fourth-order valence-corrected chi connectivity index (χ4v) is 2.07. The van der Waals surface area contributed by atoms with Gasteiger partial charge in [0.05, 0.1) is 6.21 Å². The summed E-state index contributed by atoms with van der Waals surface area (Å²) in [4.78, 5) is 2.15. The van der Waals surface area contributed by atoms with Crippen LogP contribution in [0, 0.1) is 0 Å². The molecule has 0 saturated heterocycles. The maximum atomic E-state index is 10.1. The lowest BCUT2D eigenvalue weighted by molar-refractivity contribution is 0.474. The smallest absolute Gasteiger partial charge is 0.168 e. The lowest BCUT2D eigenvalue weighted by Crippen LogP contribution is -2.21. The van der Waals surface area contributed by atoms with Crippen LogP contribution in [0.3, 0.4) is 0 Å². The first-order valence-corrected chi connectivity index (χ1v) is 7.38. The highest BCUT2D eigenvalue weighted by atomic mass is 35.5. The van der Waals surface area contributed by atoms with Crippen LogP contribution >= 0.6 is 11.6 Å². The van der Waals surface area contributed by atoms with Gasteiger partial charge in [0.2, 0.25) is 0 Å². The Bertz CT molecular complexity index is 641. The summed E-state index contributed by atoms with van der Waals surface area (Å²) in [5.74, 6) is 0.650. The van der Waals surface area contributed by atoms with Crippen LogP contribution < -0.4 is 10.3 Å². The normalized spacial score (nSPS) is 10.9. The summed E-state index contributed by atoms with van der Waals surface area (Å²) in [5.41, 5.74) is 4.32. The Hall–Kier alpha value is -2.34. The van der Waals surface area contributed by atoms with Crippen LogP contribution in [0.1, 0.15) is 19.4 Å². The molecule has 0 saturated carbocycles. The van der Waals surface area contributed by atoms with Crippen molar-refractivity contribution in [2.24, 2.45) is 5.10 Å². The molecule has 22 heavy (non-hydrogen) atoms. The van der Waals surface area contributed by atoms with E-state index in [0.717, 1.165) is 18.8 Å². The number of aromatic hydroxyl groups is 1. The van der Waals surface area contributed by atoms with E-state index in [1.54, 1.807) is 18.2 Å². The number of nitrogens with one attached hydrogen (secondary N) is 1. The fraction of sp³-hybridized carbons (Fsp3) is 0.267. The summed E-state index contributed by atoms with van der Waals surface area (Å²) in [5, 5.41) is 21.9. The van der Waals surface area contributed by atoms with Gasteiger partial charge in [-0.15, -0.1) is 10.2 Å². The number of phenolic OH excluding ortho intramolecular Hbond substituents is 1. The van der Waals surface area contributed by atoms with E-state index in [1.807, 2.05) is 12.1 Å². The van der Waals surface area contributed by atoms with Gasteiger partial charge in [0.1, 0.15) is 5.75 Å². The van der Waals surface area contributed by atoms with Crippen molar-refractivity contribution in [2.75, 3.05) is 23.4 Å². The molecule has 0 spiro atoms. The molecule has 0 bridgehead atoms. The summed E-state index contributed by atoms with van der Waals surface area (Å²) in [6.07, 6.45) is 1.53. The zero-order valence-corrected chi connectivity index (χ0v) is 13.2. The van der Waals surface area contributed by atoms with Crippen LogP contribution in [0.5, 0.6) is 5.75 Å². The highest BCUT2D eigenvalue weighted by Gasteiger charge is 2.05. The van der Waals surface area contributed by atoms with Crippen LogP contribution in [-0.2, 0) is 0 Å². The van der Waals surface area contributed by atoms with Crippen LogP contribution in [0.25, 0.3) is 0 Å². The quantitative estimate of drug-likeness (QED) is 0.632. The number of aromatic nitrogens is 2. The van der Waals surface area contributed by atoms with Gasteiger partial charge >= 0.3 is 0 Å². The molecule has 0 unspecified atom stereocenters. The molecular weight excluding hydrogens is 302 g/mol. The minimum atomic E-state index is 0.178. The number of benzene rings is 1. The average molecular weight is 320 g/mol. The number of phenols is 1. The van der Waals surface area contributed by atoms with Crippen LogP contribution in [0.2, 0.25) is 5.15 Å². The van der Waals surface area contributed by atoms with Crippen molar-refractivity contribution in [2.45, 2.75) is 13.8 Å². The lowest BCUT2D eigenvalue weighted by Gasteiger charge is -2.21. The van der Waals surface area contributed by atoms with E-state index >= 15 is 0 Å². The fourth-order valence-electron chi connectivity index (χ4n) is 1.97. The minimum Gasteiger partial charge on any atom is -0.507 e. The van der Waals surface area contributed by atoms with Crippen molar-refractivity contribution in [1.82, 2.24) is 10.2 Å². The summed E-state index contributed by atoms with van der Waals surface area (Å²) >= 11 is 5.65. The Morgan fingerprint density at radius 3 is 2.59 bits per heavy atom. The Kier molecular flexibility index (Phi) is 5.55. The van der Waals surface area contributed by atoms with Crippen molar-refractivity contribution in [3.63, 3.8) is 0 Å². The van der Waals surface area contributed by atoms with E-state index in [1.165, 1.54) is 6.21 Å². The molecule has 1 heterocycles. The van der Waals surface area contributed by atoms with Crippen molar-refractivity contribution in [3.8, 4) is 5.75 Å². The summed E-state index contributed by atoms with van der Waals surface area (Å²) in [7, 11) is 0. The Labute approximate surface area is 134 Å². The SMILES string of the molecule is CCN(CC)c1ccc(/C=N/Nc2ccc(Cl)nn2)c(O)c1.